The second-order valence-electron chi connectivity index (χ2n) is 6.37. The van der Waals surface area contributed by atoms with Crippen LogP contribution in [-0.2, 0) is 23.7 Å². The van der Waals surface area contributed by atoms with Crippen molar-refractivity contribution in [2.75, 3.05) is 6.54 Å². The normalized spacial score (nSPS) is 15.6. The Bertz CT molecular complexity index is 684. The van der Waals surface area contributed by atoms with Crippen LogP contribution in [0.3, 0.4) is 0 Å². The first-order chi connectivity index (χ1) is 10.5. The third-order valence-electron chi connectivity index (χ3n) is 4.86. The lowest BCUT2D eigenvalue weighted by molar-refractivity contribution is -0.120. The molecule has 1 fully saturated rings. The number of hydrogen-bond acceptors (Lipinski definition) is 2. The van der Waals surface area contributed by atoms with Gasteiger partial charge in [-0.25, -0.2) is 0 Å². The lowest BCUT2D eigenvalue weighted by Gasteiger charge is -2.16. The van der Waals surface area contributed by atoms with Gasteiger partial charge in [-0.2, -0.15) is 5.10 Å². The molecule has 116 valence electrons. The maximum Gasteiger partial charge on any atom is 0.224 e. The average molecular weight is 297 g/mol. The molecule has 4 heteroatoms. The van der Waals surface area contributed by atoms with Gasteiger partial charge in [0.15, 0.2) is 0 Å². The predicted octanol–water partition coefficient (Wildman–Crippen LogP) is 2.43. The molecule has 1 saturated carbocycles. The third-order valence-corrected chi connectivity index (χ3v) is 4.86. The molecule has 22 heavy (non-hydrogen) atoms. The molecular formula is C18H23N3O. The van der Waals surface area contributed by atoms with Crippen molar-refractivity contribution in [3.8, 4) is 0 Å². The van der Waals surface area contributed by atoms with Crippen LogP contribution in [-0.4, -0.2) is 22.2 Å². The highest BCUT2D eigenvalue weighted by Crippen LogP contribution is 2.47. The van der Waals surface area contributed by atoms with Gasteiger partial charge in [0, 0.05) is 30.3 Å². The monoisotopic (exact) mass is 297 g/mol. The Hall–Kier alpha value is -2.10. The van der Waals surface area contributed by atoms with Crippen molar-refractivity contribution < 1.29 is 4.79 Å². The standard InChI is InChI=1S/C18H23N3O/c1-13-16(14(2)21(3)20-13)11-17(22)19-12-18(9-10-18)15-7-5-4-6-8-15/h4-8H,9-12H2,1-3H3,(H,19,22). The van der Waals surface area contributed by atoms with Crippen molar-refractivity contribution in [3.05, 3.63) is 52.8 Å². The quantitative estimate of drug-likeness (QED) is 0.921. The molecule has 0 radical (unpaired) electrons. The summed E-state index contributed by atoms with van der Waals surface area (Å²) in [5.74, 6) is 0.0846. The van der Waals surface area contributed by atoms with Gasteiger partial charge >= 0.3 is 0 Å². The number of nitrogens with zero attached hydrogens (tertiary/aromatic N) is 2. The molecule has 1 aliphatic carbocycles. The van der Waals surface area contributed by atoms with Crippen molar-refractivity contribution in [2.24, 2.45) is 7.05 Å². The van der Waals surface area contributed by atoms with Gasteiger partial charge in [-0.15, -0.1) is 0 Å². The zero-order valence-corrected chi connectivity index (χ0v) is 13.5. The van der Waals surface area contributed by atoms with Gasteiger partial charge in [0.1, 0.15) is 0 Å². The highest BCUT2D eigenvalue weighted by Gasteiger charge is 2.44. The Balaban J connectivity index is 1.61. The smallest absolute Gasteiger partial charge is 0.224 e. The molecule has 1 aromatic heterocycles. The van der Waals surface area contributed by atoms with Gasteiger partial charge in [0.2, 0.25) is 5.91 Å². The Labute approximate surface area is 131 Å². The summed E-state index contributed by atoms with van der Waals surface area (Å²) in [7, 11) is 1.92. The number of carbonyl (C=O) groups excluding carboxylic acids is 1. The van der Waals surface area contributed by atoms with Crippen molar-refractivity contribution in [3.63, 3.8) is 0 Å². The summed E-state index contributed by atoms with van der Waals surface area (Å²) in [6.07, 6.45) is 2.72. The summed E-state index contributed by atoms with van der Waals surface area (Å²) in [6, 6.07) is 10.5. The fourth-order valence-electron chi connectivity index (χ4n) is 3.07. The minimum absolute atomic E-state index is 0.0846. The van der Waals surface area contributed by atoms with E-state index in [1.54, 1.807) is 0 Å². The van der Waals surface area contributed by atoms with Gasteiger partial charge in [-0.05, 0) is 32.3 Å². The highest BCUT2D eigenvalue weighted by molar-refractivity contribution is 5.79. The van der Waals surface area contributed by atoms with E-state index in [4.69, 9.17) is 0 Å². The van der Waals surface area contributed by atoms with Crippen LogP contribution in [0, 0.1) is 13.8 Å². The number of rotatable bonds is 5. The van der Waals surface area contributed by atoms with E-state index in [2.05, 4.69) is 34.7 Å². The number of aryl methyl sites for hydroxylation is 2. The van der Waals surface area contributed by atoms with Gasteiger partial charge in [0.05, 0.1) is 12.1 Å². The molecule has 0 aliphatic heterocycles. The molecule has 4 nitrogen and oxygen atoms in total. The Morgan fingerprint density at radius 1 is 1.27 bits per heavy atom. The summed E-state index contributed by atoms with van der Waals surface area (Å²) < 4.78 is 1.84. The van der Waals surface area contributed by atoms with Gasteiger partial charge < -0.3 is 5.32 Å². The summed E-state index contributed by atoms with van der Waals surface area (Å²) in [5, 5.41) is 7.49. The molecule has 1 heterocycles. The van der Waals surface area contributed by atoms with Crippen LogP contribution >= 0.6 is 0 Å². The third kappa shape index (κ3) is 2.78. The summed E-state index contributed by atoms with van der Waals surface area (Å²) in [6.45, 7) is 4.70. The first-order valence-electron chi connectivity index (χ1n) is 7.83. The number of nitrogens with one attached hydrogen (secondary N) is 1. The molecule has 0 atom stereocenters. The number of benzene rings is 1. The molecule has 0 spiro atoms. The number of amides is 1. The van der Waals surface area contributed by atoms with Crippen LogP contribution in [0.15, 0.2) is 30.3 Å². The van der Waals surface area contributed by atoms with E-state index in [-0.39, 0.29) is 11.3 Å². The van der Waals surface area contributed by atoms with Gasteiger partial charge in [-0.3, -0.25) is 9.48 Å². The summed E-state index contributed by atoms with van der Waals surface area (Å²) in [4.78, 5) is 12.3. The van der Waals surface area contributed by atoms with Crippen molar-refractivity contribution in [2.45, 2.75) is 38.5 Å². The molecule has 1 aliphatic rings. The van der Waals surface area contributed by atoms with E-state index < -0.39 is 0 Å². The van der Waals surface area contributed by atoms with Crippen molar-refractivity contribution in [1.29, 1.82) is 0 Å². The lowest BCUT2D eigenvalue weighted by atomic mass is 9.96. The van der Waals surface area contributed by atoms with E-state index in [0.29, 0.717) is 6.42 Å². The molecule has 1 N–H and O–H groups in total. The number of hydrogen-bond donors (Lipinski definition) is 1. The lowest BCUT2D eigenvalue weighted by Crippen LogP contribution is -2.33. The fourth-order valence-corrected chi connectivity index (χ4v) is 3.07. The Morgan fingerprint density at radius 3 is 2.50 bits per heavy atom. The minimum atomic E-state index is 0.0846. The van der Waals surface area contributed by atoms with Crippen LogP contribution < -0.4 is 5.32 Å². The largest absolute Gasteiger partial charge is 0.355 e. The second kappa shape index (κ2) is 5.59. The van der Waals surface area contributed by atoms with E-state index in [1.165, 1.54) is 5.56 Å². The first-order valence-corrected chi connectivity index (χ1v) is 7.83. The van der Waals surface area contributed by atoms with Gasteiger partial charge in [-0.1, -0.05) is 30.3 Å². The predicted molar refractivity (Wildman–Crippen MR) is 86.7 cm³/mol. The minimum Gasteiger partial charge on any atom is -0.355 e. The molecular weight excluding hydrogens is 274 g/mol. The van der Waals surface area contributed by atoms with E-state index >= 15 is 0 Å². The maximum absolute atomic E-state index is 12.3. The number of aromatic nitrogens is 2. The van der Waals surface area contributed by atoms with Crippen LogP contribution in [0.5, 0.6) is 0 Å². The van der Waals surface area contributed by atoms with Crippen LogP contribution in [0.4, 0.5) is 0 Å². The molecule has 0 bridgehead atoms. The fraction of sp³-hybridized carbons (Fsp3) is 0.444. The topological polar surface area (TPSA) is 46.9 Å². The van der Waals surface area contributed by atoms with E-state index in [0.717, 1.165) is 36.3 Å². The van der Waals surface area contributed by atoms with Crippen LogP contribution in [0.2, 0.25) is 0 Å². The van der Waals surface area contributed by atoms with E-state index in [9.17, 15) is 4.79 Å². The molecule has 1 aromatic carbocycles. The zero-order valence-electron chi connectivity index (χ0n) is 13.5. The van der Waals surface area contributed by atoms with Gasteiger partial charge in [0.25, 0.3) is 0 Å². The zero-order chi connectivity index (χ0) is 15.7. The van der Waals surface area contributed by atoms with E-state index in [1.807, 2.05) is 31.6 Å². The first kappa shape index (κ1) is 14.8. The molecule has 0 saturated heterocycles. The molecule has 3 rings (SSSR count). The van der Waals surface area contributed by atoms with Crippen molar-refractivity contribution in [1.82, 2.24) is 15.1 Å². The Morgan fingerprint density at radius 2 is 1.95 bits per heavy atom. The highest BCUT2D eigenvalue weighted by atomic mass is 16.1. The van der Waals surface area contributed by atoms with Crippen LogP contribution in [0.25, 0.3) is 0 Å². The van der Waals surface area contributed by atoms with Crippen LogP contribution in [0.1, 0.15) is 35.4 Å². The molecule has 2 aromatic rings. The van der Waals surface area contributed by atoms with Crippen molar-refractivity contribution >= 4 is 5.91 Å². The maximum atomic E-state index is 12.3. The SMILES string of the molecule is Cc1nn(C)c(C)c1CC(=O)NCC1(c2ccccc2)CC1. The Kier molecular flexibility index (Phi) is 3.77. The summed E-state index contributed by atoms with van der Waals surface area (Å²) in [5.41, 5.74) is 4.56. The molecule has 1 amide bonds. The number of carbonyl (C=O) groups is 1. The molecule has 0 unspecified atom stereocenters. The average Bonchev–Trinajstić information content (AvgIpc) is 3.27. The second-order valence-corrected chi connectivity index (χ2v) is 6.37. The summed E-state index contributed by atoms with van der Waals surface area (Å²) >= 11 is 0.